The fourth-order valence-electron chi connectivity index (χ4n) is 3.69. The number of nitrogens with one attached hydrogen (secondary N) is 1. The number of aliphatic hydroxyl groups excluding tert-OH is 1. The normalized spacial score (nSPS) is 23.7. The molecule has 3 nitrogen and oxygen atoms in total. The number of carbonyl (C=O) groups excluding carboxylic acids is 1. The summed E-state index contributed by atoms with van der Waals surface area (Å²) in [6.45, 7) is 2.57. The van der Waals surface area contributed by atoms with Crippen LogP contribution in [-0.2, 0) is 5.41 Å². The lowest BCUT2D eigenvalue weighted by atomic mass is 9.68. The van der Waals surface area contributed by atoms with E-state index in [9.17, 15) is 9.90 Å². The topological polar surface area (TPSA) is 49.3 Å². The van der Waals surface area contributed by atoms with Crippen molar-refractivity contribution in [2.45, 2.75) is 44.1 Å². The molecule has 126 valence electrons. The van der Waals surface area contributed by atoms with Gasteiger partial charge >= 0.3 is 0 Å². The minimum absolute atomic E-state index is 0.0190. The van der Waals surface area contributed by atoms with Crippen molar-refractivity contribution in [1.82, 2.24) is 5.32 Å². The number of hydrogen-bond acceptors (Lipinski definition) is 2. The van der Waals surface area contributed by atoms with E-state index in [2.05, 4.69) is 17.4 Å². The first-order chi connectivity index (χ1) is 11.6. The van der Waals surface area contributed by atoms with E-state index in [0.29, 0.717) is 6.54 Å². The van der Waals surface area contributed by atoms with Gasteiger partial charge in [-0.25, -0.2) is 0 Å². The molecule has 1 saturated carbocycles. The second-order valence-electron chi connectivity index (χ2n) is 6.88. The first-order valence-corrected chi connectivity index (χ1v) is 8.68. The highest BCUT2D eigenvalue weighted by atomic mass is 16.3. The summed E-state index contributed by atoms with van der Waals surface area (Å²) in [5.41, 5.74) is 2.89. The Kier molecular flexibility index (Phi) is 5.00. The van der Waals surface area contributed by atoms with Gasteiger partial charge in [0.05, 0.1) is 6.10 Å². The maximum Gasteiger partial charge on any atom is 0.251 e. The molecule has 1 aliphatic carbocycles. The summed E-state index contributed by atoms with van der Waals surface area (Å²) in [4.78, 5) is 12.6. The summed E-state index contributed by atoms with van der Waals surface area (Å²) in [6, 6.07) is 18.0. The molecule has 1 amide bonds. The fraction of sp³-hybridized carbons (Fsp3) is 0.381. The van der Waals surface area contributed by atoms with Crippen molar-refractivity contribution in [2.24, 2.45) is 0 Å². The van der Waals surface area contributed by atoms with Crippen molar-refractivity contribution in [2.75, 3.05) is 6.54 Å². The van der Waals surface area contributed by atoms with Crippen molar-refractivity contribution < 1.29 is 9.90 Å². The van der Waals surface area contributed by atoms with Gasteiger partial charge in [0.1, 0.15) is 0 Å². The maximum atomic E-state index is 12.6. The van der Waals surface area contributed by atoms with E-state index >= 15 is 0 Å². The first-order valence-electron chi connectivity index (χ1n) is 8.68. The summed E-state index contributed by atoms with van der Waals surface area (Å²) in [5, 5.41) is 13.0. The molecule has 0 atom stereocenters. The van der Waals surface area contributed by atoms with Crippen LogP contribution in [0.2, 0.25) is 0 Å². The summed E-state index contributed by atoms with van der Waals surface area (Å²) < 4.78 is 0. The molecule has 0 aromatic heterocycles. The Morgan fingerprint density at radius 2 is 1.71 bits per heavy atom. The third-order valence-corrected chi connectivity index (χ3v) is 5.28. The molecule has 0 unspecified atom stereocenters. The molecule has 3 heteroatoms. The molecule has 0 spiro atoms. The molecule has 0 radical (unpaired) electrons. The Morgan fingerprint density at radius 3 is 2.38 bits per heavy atom. The van der Waals surface area contributed by atoms with Crippen molar-refractivity contribution in [1.29, 1.82) is 0 Å². The van der Waals surface area contributed by atoms with Crippen LogP contribution in [0.4, 0.5) is 0 Å². The number of carbonyl (C=O) groups is 1. The third-order valence-electron chi connectivity index (χ3n) is 5.28. The monoisotopic (exact) mass is 323 g/mol. The van der Waals surface area contributed by atoms with Crippen LogP contribution in [0.5, 0.6) is 0 Å². The van der Waals surface area contributed by atoms with E-state index in [1.165, 1.54) is 5.56 Å². The summed E-state index contributed by atoms with van der Waals surface area (Å²) in [5.74, 6) is -0.0190. The quantitative estimate of drug-likeness (QED) is 0.903. The van der Waals surface area contributed by atoms with Gasteiger partial charge < -0.3 is 10.4 Å². The number of aryl methyl sites for hydroxylation is 1. The van der Waals surface area contributed by atoms with E-state index in [0.717, 1.165) is 36.8 Å². The minimum atomic E-state index is -0.214. The lowest BCUT2D eigenvalue weighted by molar-refractivity contribution is 0.0851. The summed E-state index contributed by atoms with van der Waals surface area (Å²) >= 11 is 0. The second-order valence-corrected chi connectivity index (χ2v) is 6.88. The van der Waals surface area contributed by atoms with Crippen molar-refractivity contribution in [3.05, 3.63) is 71.3 Å². The molecule has 0 heterocycles. The average molecular weight is 323 g/mol. The third kappa shape index (κ3) is 3.51. The Balaban J connectivity index is 1.78. The molecule has 2 aromatic rings. The van der Waals surface area contributed by atoms with E-state index in [-0.39, 0.29) is 17.4 Å². The molecule has 2 N–H and O–H groups in total. The highest BCUT2D eigenvalue weighted by Gasteiger charge is 2.36. The van der Waals surface area contributed by atoms with Crippen LogP contribution in [-0.4, -0.2) is 23.7 Å². The van der Waals surface area contributed by atoms with Crippen LogP contribution in [0.1, 0.15) is 47.2 Å². The Labute approximate surface area is 143 Å². The van der Waals surface area contributed by atoms with Gasteiger partial charge in [0, 0.05) is 17.5 Å². The lowest BCUT2D eigenvalue weighted by Gasteiger charge is -2.39. The van der Waals surface area contributed by atoms with Crippen LogP contribution in [0.25, 0.3) is 0 Å². The van der Waals surface area contributed by atoms with Gasteiger partial charge in [-0.15, -0.1) is 0 Å². The molecule has 0 saturated heterocycles. The van der Waals surface area contributed by atoms with Gasteiger partial charge in [0.25, 0.3) is 5.91 Å². The average Bonchev–Trinajstić information content (AvgIpc) is 2.62. The molecule has 2 aromatic carbocycles. The van der Waals surface area contributed by atoms with Gasteiger partial charge in [-0.2, -0.15) is 0 Å². The van der Waals surface area contributed by atoms with E-state index < -0.39 is 0 Å². The SMILES string of the molecule is Cc1ccccc1C(=O)NCC1(c2ccccc2)CCC(O)CC1. The predicted molar refractivity (Wildman–Crippen MR) is 96.1 cm³/mol. The first kappa shape index (κ1) is 16.7. The maximum absolute atomic E-state index is 12.6. The minimum Gasteiger partial charge on any atom is -0.393 e. The number of hydrogen-bond donors (Lipinski definition) is 2. The largest absolute Gasteiger partial charge is 0.393 e. The van der Waals surface area contributed by atoms with Crippen LogP contribution in [0, 0.1) is 6.92 Å². The Hall–Kier alpha value is -2.13. The zero-order chi connectivity index (χ0) is 17.0. The Morgan fingerprint density at radius 1 is 1.08 bits per heavy atom. The van der Waals surface area contributed by atoms with Crippen molar-refractivity contribution in [3.8, 4) is 0 Å². The molecule has 0 aliphatic heterocycles. The highest BCUT2D eigenvalue weighted by Crippen LogP contribution is 2.39. The predicted octanol–water partition coefficient (Wildman–Crippen LogP) is 3.60. The van der Waals surface area contributed by atoms with Gasteiger partial charge in [0.15, 0.2) is 0 Å². The lowest BCUT2D eigenvalue weighted by Crippen LogP contribution is -2.44. The standard InChI is InChI=1S/C21H25NO2/c1-16-7-5-6-10-19(16)20(24)22-15-21(13-11-18(23)12-14-21)17-8-3-2-4-9-17/h2-10,18,23H,11-15H2,1H3,(H,22,24). The molecular formula is C21H25NO2. The second kappa shape index (κ2) is 7.18. The van der Waals surface area contributed by atoms with Crippen molar-refractivity contribution in [3.63, 3.8) is 0 Å². The fourth-order valence-corrected chi connectivity index (χ4v) is 3.69. The molecule has 1 aliphatic rings. The van der Waals surface area contributed by atoms with E-state index in [4.69, 9.17) is 0 Å². The van der Waals surface area contributed by atoms with E-state index in [1.54, 1.807) is 0 Å². The number of aliphatic hydroxyl groups is 1. The zero-order valence-corrected chi connectivity index (χ0v) is 14.2. The van der Waals surface area contributed by atoms with Gasteiger partial charge in [-0.1, -0.05) is 48.5 Å². The smallest absolute Gasteiger partial charge is 0.251 e. The number of benzene rings is 2. The zero-order valence-electron chi connectivity index (χ0n) is 14.2. The molecule has 0 bridgehead atoms. The van der Waals surface area contributed by atoms with E-state index in [1.807, 2.05) is 49.4 Å². The van der Waals surface area contributed by atoms with Gasteiger partial charge in [-0.3, -0.25) is 4.79 Å². The number of rotatable bonds is 4. The number of amides is 1. The Bertz CT molecular complexity index is 688. The van der Waals surface area contributed by atoms with Crippen LogP contribution >= 0.6 is 0 Å². The molecular weight excluding hydrogens is 298 g/mol. The molecule has 1 fully saturated rings. The van der Waals surface area contributed by atoms with Crippen molar-refractivity contribution >= 4 is 5.91 Å². The summed E-state index contributed by atoms with van der Waals surface area (Å²) in [7, 11) is 0. The van der Waals surface area contributed by atoms with Gasteiger partial charge in [0.2, 0.25) is 0 Å². The highest BCUT2D eigenvalue weighted by molar-refractivity contribution is 5.95. The molecule has 3 rings (SSSR count). The molecule has 24 heavy (non-hydrogen) atoms. The van der Waals surface area contributed by atoms with Crippen LogP contribution in [0.3, 0.4) is 0 Å². The van der Waals surface area contributed by atoms with Crippen LogP contribution < -0.4 is 5.32 Å². The van der Waals surface area contributed by atoms with Gasteiger partial charge in [-0.05, 0) is 49.8 Å². The van der Waals surface area contributed by atoms with Crippen LogP contribution in [0.15, 0.2) is 54.6 Å². The summed E-state index contributed by atoms with van der Waals surface area (Å²) in [6.07, 6.45) is 3.15.